The summed E-state index contributed by atoms with van der Waals surface area (Å²) < 4.78 is 8.54. The number of aromatic nitrogens is 2. The van der Waals surface area contributed by atoms with Gasteiger partial charge in [0.05, 0.1) is 23.8 Å². The highest BCUT2D eigenvalue weighted by atomic mass is 79.9. The average Bonchev–Trinajstić information content (AvgIpc) is 2.84. The van der Waals surface area contributed by atoms with Crippen LogP contribution < -0.4 is 4.74 Å². The Balaban J connectivity index is 2.14. The molecule has 18 heavy (non-hydrogen) atoms. The molecule has 0 fully saturated rings. The van der Waals surface area contributed by atoms with Crippen molar-refractivity contribution in [3.63, 3.8) is 0 Å². The maximum absolute atomic E-state index is 9.03. The van der Waals surface area contributed by atoms with Crippen LogP contribution >= 0.6 is 15.9 Å². The van der Waals surface area contributed by atoms with Crippen molar-refractivity contribution in [1.29, 1.82) is 5.26 Å². The summed E-state index contributed by atoms with van der Waals surface area (Å²) in [6, 6.07) is 7.50. The van der Waals surface area contributed by atoms with Gasteiger partial charge in [-0.1, -0.05) is 15.9 Å². The molecular weight excluding hydrogens is 294 g/mol. The molecule has 5 heteroatoms. The molecule has 0 aliphatic heterocycles. The Morgan fingerprint density at radius 1 is 1.50 bits per heavy atom. The minimum atomic E-state index is 0.407. The first-order valence-electron chi connectivity index (χ1n) is 5.56. The van der Waals surface area contributed by atoms with E-state index in [1.165, 1.54) is 0 Å². The molecule has 1 aromatic carbocycles. The summed E-state index contributed by atoms with van der Waals surface area (Å²) in [7, 11) is 0. The second-order valence-corrected chi connectivity index (χ2v) is 4.63. The number of benzene rings is 1. The van der Waals surface area contributed by atoms with E-state index in [-0.39, 0.29) is 0 Å². The van der Waals surface area contributed by atoms with Crippen LogP contribution in [0.4, 0.5) is 0 Å². The van der Waals surface area contributed by atoms with E-state index in [0.29, 0.717) is 17.9 Å². The SMILES string of the molecule is CCn1cncc1COc1ccc(Br)cc1C#N. The average molecular weight is 306 g/mol. The fourth-order valence-electron chi connectivity index (χ4n) is 1.62. The van der Waals surface area contributed by atoms with Crippen LogP contribution in [0.25, 0.3) is 0 Å². The highest BCUT2D eigenvalue weighted by Crippen LogP contribution is 2.23. The molecule has 0 bridgehead atoms. The van der Waals surface area contributed by atoms with Crippen molar-refractivity contribution < 1.29 is 4.74 Å². The van der Waals surface area contributed by atoms with Crippen LogP contribution in [0.3, 0.4) is 0 Å². The van der Waals surface area contributed by atoms with E-state index in [0.717, 1.165) is 16.7 Å². The molecule has 4 nitrogen and oxygen atoms in total. The van der Waals surface area contributed by atoms with Gasteiger partial charge in [0.15, 0.2) is 0 Å². The Kier molecular flexibility index (Phi) is 4.00. The van der Waals surface area contributed by atoms with Crippen LogP contribution in [0, 0.1) is 11.3 Å². The number of nitriles is 1. The minimum Gasteiger partial charge on any atom is -0.486 e. The van der Waals surface area contributed by atoms with Gasteiger partial charge in [0, 0.05) is 11.0 Å². The molecule has 0 radical (unpaired) electrons. The van der Waals surface area contributed by atoms with E-state index < -0.39 is 0 Å². The first-order valence-corrected chi connectivity index (χ1v) is 6.35. The molecule has 0 aliphatic carbocycles. The first-order chi connectivity index (χ1) is 8.74. The summed E-state index contributed by atoms with van der Waals surface area (Å²) in [4.78, 5) is 4.07. The highest BCUT2D eigenvalue weighted by molar-refractivity contribution is 9.10. The normalized spacial score (nSPS) is 10.1. The molecule has 0 amide bonds. The van der Waals surface area contributed by atoms with Gasteiger partial charge >= 0.3 is 0 Å². The van der Waals surface area contributed by atoms with Gasteiger partial charge in [0.2, 0.25) is 0 Å². The largest absolute Gasteiger partial charge is 0.486 e. The number of imidazole rings is 1. The number of ether oxygens (including phenoxy) is 1. The smallest absolute Gasteiger partial charge is 0.137 e. The lowest BCUT2D eigenvalue weighted by atomic mass is 10.2. The van der Waals surface area contributed by atoms with E-state index in [9.17, 15) is 0 Å². The first kappa shape index (κ1) is 12.7. The van der Waals surface area contributed by atoms with Crippen LogP contribution in [0.2, 0.25) is 0 Å². The number of nitrogens with zero attached hydrogens (tertiary/aromatic N) is 3. The van der Waals surface area contributed by atoms with Gasteiger partial charge in [-0.05, 0) is 25.1 Å². The zero-order valence-corrected chi connectivity index (χ0v) is 11.5. The Hall–Kier alpha value is -1.80. The second-order valence-electron chi connectivity index (χ2n) is 3.71. The lowest BCUT2D eigenvalue weighted by Gasteiger charge is -2.09. The lowest BCUT2D eigenvalue weighted by molar-refractivity contribution is 0.294. The van der Waals surface area contributed by atoms with Crippen LogP contribution in [0.5, 0.6) is 5.75 Å². The molecule has 2 rings (SSSR count). The summed E-state index contributed by atoms with van der Waals surface area (Å²) in [6.45, 7) is 3.31. The minimum absolute atomic E-state index is 0.407. The number of hydrogen-bond donors (Lipinski definition) is 0. The fraction of sp³-hybridized carbons (Fsp3) is 0.231. The zero-order chi connectivity index (χ0) is 13.0. The molecule has 0 N–H and O–H groups in total. The molecule has 92 valence electrons. The van der Waals surface area contributed by atoms with Crippen molar-refractivity contribution in [1.82, 2.24) is 9.55 Å². The quantitative estimate of drug-likeness (QED) is 0.872. The monoisotopic (exact) mass is 305 g/mol. The number of hydrogen-bond acceptors (Lipinski definition) is 3. The molecule has 1 heterocycles. The van der Waals surface area contributed by atoms with Gasteiger partial charge in [-0.2, -0.15) is 5.26 Å². The molecule has 0 spiro atoms. The lowest BCUT2D eigenvalue weighted by Crippen LogP contribution is -2.04. The van der Waals surface area contributed by atoms with Gasteiger partial charge in [-0.25, -0.2) is 4.98 Å². The number of halogens is 1. The van der Waals surface area contributed by atoms with Crippen molar-refractivity contribution in [2.24, 2.45) is 0 Å². The van der Waals surface area contributed by atoms with Crippen molar-refractivity contribution >= 4 is 15.9 Å². The van der Waals surface area contributed by atoms with Crippen LogP contribution in [0.15, 0.2) is 35.2 Å². The molecule has 1 aromatic heterocycles. The summed E-state index contributed by atoms with van der Waals surface area (Å²) in [6.07, 6.45) is 3.54. The van der Waals surface area contributed by atoms with Crippen molar-refractivity contribution in [2.75, 3.05) is 0 Å². The third-order valence-corrected chi connectivity index (χ3v) is 3.07. The van der Waals surface area contributed by atoms with Crippen LogP contribution in [-0.2, 0) is 13.2 Å². The van der Waals surface area contributed by atoms with Crippen molar-refractivity contribution in [3.05, 3.63) is 46.5 Å². The fourth-order valence-corrected chi connectivity index (χ4v) is 1.98. The van der Waals surface area contributed by atoms with Gasteiger partial charge in [-0.3, -0.25) is 0 Å². The predicted octanol–water partition coefficient (Wildman–Crippen LogP) is 3.12. The van der Waals surface area contributed by atoms with E-state index in [1.54, 1.807) is 24.7 Å². The molecule has 0 aliphatic rings. The predicted molar refractivity (Wildman–Crippen MR) is 71.1 cm³/mol. The Morgan fingerprint density at radius 3 is 3.06 bits per heavy atom. The van der Waals surface area contributed by atoms with Gasteiger partial charge in [-0.15, -0.1) is 0 Å². The third kappa shape index (κ3) is 2.71. The highest BCUT2D eigenvalue weighted by Gasteiger charge is 2.06. The van der Waals surface area contributed by atoms with E-state index in [1.807, 2.05) is 17.6 Å². The van der Waals surface area contributed by atoms with Gasteiger partial charge in [0.1, 0.15) is 18.4 Å². The molecule has 0 saturated heterocycles. The molecular formula is C13H12BrN3O. The van der Waals surface area contributed by atoms with E-state index >= 15 is 0 Å². The zero-order valence-electron chi connectivity index (χ0n) is 9.93. The summed E-state index contributed by atoms with van der Waals surface area (Å²) >= 11 is 3.33. The standard InChI is InChI=1S/C13H12BrN3O/c1-2-17-9-16-7-12(17)8-18-13-4-3-11(14)5-10(13)6-15/h3-5,7,9H,2,8H2,1H3. The number of rotatable bonds is 4. The Labute approximate surface area is 114 Å². The molecule has 0 atom stereocenters. The Morgan fingerprint density at radius 2 is 2.33 bits per heavy atom. The van der Waals surface area contributed by atoms with E-state index in [2.05, 4.69) is 27.0 Å². The van der Waals surface area contributed by atoms with Crippen LogP contribution in [-0.4, -0.2) is 9.55 Å². The topological polar surface area (TPSA) is 50.8 Å². The molecule has 2 aromatic rings. The van der Waals surface area contributed by atoms with Crippen molar-refractivity contribution in [2.45, 2.75) is 20.1 Å². The maximum atomic E-state index is 9.03. The van der Waals surface area contributed by atoms with Gasteiger partial charge in [0.25, 0.3) is 0 Å². The summed E-state index contributed by atoms with van der Waals surface area (Å²) in [5.74, 6) is 0.588. The second kappa shape index (κ2) is 5.69. The van der Waals surface area contributed by atoms with Gasteiger partial charge < -0.3 is 9.30 Å². The van der Waals surface area contributed by atoms with E-state index in [4.69, 9.17) is 10.00 Å². The Bertz CT molecular complexity index is 586. The summed E-state index contributed by atoms with van der Waals surface area (Å²) in [5.41, 5.74) is 1.51. The third-order valence-electron chi connectivity index (χ3n) is 2.58. The molecule has 0 saturated carbocycles. The van der Waals surface area contributed by atoms with Crippen LogP contribution in [0.1, 0.15) is 18.2 Å². The number of aryl methyl sites for hydroxylation is 1. The maximum Gasteiger partial charge on any atom is 0.137 e. The summed E-state index contributed by atoms with van der Waals surface area (Å²) in [5, 5.41) is 9.03. The van der Waals surface area contributed by atoms with Crippen molar-refractivity contribution in [3.8, 4) is 11.8 Å². The molecule has 0 unspecified atom stereocenters.